The van der Waals surface area contributed by atoms with Crippen LogP contribution in [0.5, 0.6) is 0 Å². The molecule has 1 heterocycles. The van der Waals surface area contributed by atoms with Crippen molar-refractivity contribution >= 4 is 15.7 Å². The molecule has 1 saturated heterocycles. The van der Waals surface area contributed by atoms with Crippen molar-refractivity contribution in [2.24, 2.45) is 11.1 Å². The topological polar surface area (TPSA) is 107 Å². The fourth-order valence-electron chi connectivity index (χ4n) is 3.62. The second-order valence-electron chi connectivity index (χ2n) is 6.20. The highest BCUT2D eigenvalue weighted by atomic mass is 32.2. The van der Waals surface area contributed by atoms with E-state index in [2.05, 4.69) is 0 Å². The zero-order chi connectivity index (χ0) is 16.0. The molecular formula is C14H19N3O4S. The number of hydrogen-bond acceptors (Lipinski definition) is 5. The van der Waals surface area contributed by atoms with Crippen LogP contribution in [0.25, 0.3) is 0 Å². The van der Waals surface area contributed by atoms with Gasteiger partial charge in [0.1, 0.15) is 0 Å². The van der Waals surface area contributed by atoms with Gasteiger partial charge in [0.25, 0.3) is 5.69 Å². The normalized spacial score (nSPS) is 29.2. The van der Waals surface area contributed by atoms with Gasteiger partial charge in [-0.1, -0.05) is 6.42 Å². The molecule has 2 N–H and O–H groups in total. The Morgan fingerprint density at radius 1 is 1.27 bits per heavy atom. The Morgan fingerprint density at radius 3 is 2.50 bits per heavy atom. The van der Waals surface area contributed by atoms with E-state index in [1.165, 1.54) is 28.6 Å². The first-order valence-corrected chi connectivity index (χ1v) is 8.79. The summed E-state index contributed by atoms with van der Waals surface area (Å²) in [5.41, 5.74) is 5.97. The minimum Gasteiger partial charge on any atom is -0.327 e. The molecule has 120 valence electrons. The summed E-state index contributed by atoms with van der Waals surface area (Å²) in [4.78, 5) is 10.2. The molecule has 7 nitrogen and oxygen atoms in total. The predicted octanol–water partition coefficient (Wildman–Crippen LogP) is 1.49. The molecule has 0 bridgehead atoms. The third-order valence-electron chi connectivity index (χ3n) is 5.01. The number of benzene rings is 1. The molecule has 1 aliphatic heterocycles. The van der Waals surface area contributed by atoms with Crippen LogP contribution in [0, 0.1) is 15.5 Å². The van der Waals surface area contributed by atoms with Gasteiger partial charge in [0, 0.05) is 36.7 Å². The summed E-state index contributed by atoms with van der Waals surface area (Å²) in [5, 5.41) is 10.7. The molecule has 1 aromatic rings. The molecule has 1 aromatic carbocycles. The molecule has 22 heavy (non-hydrogen) atoms. The summed E-state index contributed by atoms with van der Waals surface area (Å²) in [6, 6.07) is 5.10. The number of non-ortho nitro benzene ring substituents is 1. The van der Waals surface area contributed by atoms with Crippen molar-refractivity contribution in [1.82, 2.24) is 4.31 Å². The van der Waals surface area contributed by atoms with Gasteiger partial charge in [0.05, 0.1) is 9.82 Å². The highest BCUT2D eigenvalue weighted by molar-refractivity contribution is 7.89. The van der Waals surface area contributed by atoms with E-state index in [1.54, 1.807) is 0 Å². The van der Waals surface area contributed by atoms with E-state index in [9.17, 15) is 18.5 Å². The molecule has 1 spiro atoms. The molecule has 0 amide bonds. The maximum atomic E-state index is 12.7. The SMILES string of the molecule is NC1CCCC12CCN(S(=O)(=O)c1ccc([N+](=O)[O-])cc1)C2. The molecule has 2 unspecified atom stereocenters. The number of rotatable bonds is 3. The van der Waals surface area contributed by atoms with E-state index >= 15 is 0 Å². The van der Waals surface area contributed by atoms with Crippen molar-refractivity contribution in [1.29, 1.82) is 0 Å². The van der Waals surface area contributed by atoms with E-state index in [4.69, 9.17) is 5.73 Å². The van der Waals surface area contributed by atoms with Gasteiger partial charge in [0.2, 0.25) is 10.0 Å². The first-order valence-electron chi connectivity index (χ1n) is 7.35. The smallest absolute Gasteiger partial charge is 0.269 e. The van der Waals surface area contributed by atoms with E-state index in [0.29, 0.717) is 13.1 Å². The summed E-state index contributed by atoms with van der Waals surface area (Å²) >= 11 is 0. The maximum absolute atomic E-state index is 12.7. The van der Waals surface area contributed by atoms with Crippen LogP contribution in [0.1, 0.15) is 25.7 Å². The third-order valence-corrected chi connectivity index (χ3v) is 6.87. The first kappa shape index (κ1) is 15.4. The van der Waals surface area contributed by atoms with Crippen LogP contribution in [0.15, 0.2) is 29.2 Å². The van der Waals surface area contributed by atoms with Gasteiger partial charge in [-0.2, -0.15) is 4.31 Å². The molecule has 2 atom stereocenters. The quantitative estimate of drug-likeness (QED) is 0.669. The van der Waals surface area contributed by atoms with Crippen molar-refractivity contribution < 1.29 is 13.3 Å². The number of nitrogens with zero attached hydrogens (tertiary/aromatic N) is 2. The second-order valence-corrected chi connectivity index (χ2v) is 8.14. The maximum Gasteiger partial charge on any atom is 0.269 e. The van der Waals surface area contributed by atoms with Crippen molar-refractivity contribution in [2.45, 2.75) is 36.6 Å². The Morgan fingerprint density at radius 2 is 1.95 bits per heavy atom. The van der Waals surface area contributed by atoms with Crippen LogP contribution in [-0.4, -0.2) is 36.8 Å². The highest BCUT2D eigenvalue weighted by Crippen LogP contribution is 2.45. The van der Waals surface area contributed by atoms with E-state index in [1.807, 2.05) is 0 Å². The van der Waals surface area contributed by atoms with Crippen molar-refractivity contribution in [3.05, 3.63) is 34.4 Å². The zero-order valence-corrected chi connectivity index (χ0v) is 13.0. The minimum atomic E-state index is -3.61. The summed E-state index contributed by atoms with van der Waals surface area (Å²) in [6.45, 7) is 0.917. The predicted molar refractivity (Wildman–Crippen MR) is 80.7 cm³/mol. The van der Waals surface area contributed by atoms with Crippen molar-refractivity contribution in [2.75, 3.05) is 13.1 Å². The van der Waals surface area contributed by atoms with Crippen LogP contribution >= 0.6 is 0 Å². The lowest BCUT2D eigenvalue weighted by molar-refractivity contribution is -0.384. The van der Waals surface area contributed by atoms with Gasteiger partial charge in [-0.15, -0.1) is 0 Å². The Hall–Kier alpha value is -1.51. The van der Waals surface area contributed by atoms with Gasteiger partial charge in [-0.3, -0.25) is 10.1 Å². The molecule has 2 fully saturated rings. The van der Waals surface area contributed by atoms with Gasteiger partial charge in [0.15, 0.2) is 0 Å². The molecule has 0 aromatic heterocycles. The average Bonchev–Trinajstić information content (AvgIpc) is 3.08. The molecule has 2 aliphatic rings. The van der Waals surface area contributed by atoms with Crippen molar-refractivity contribution in [3.63, 3.8) is 0 Å². The van der Waals surface area contributed by atoms with Gasteiger partial charge in [-0.25, -0.2) is 8.42 Å². The van der Waals surface area contributed by atoms with Crippen LogP contribution in [0.2, 0.25) is 0 Å². The molecule has 0 radical (unpaired) electrons. The summed E-state index contributed by atoms with van der Waals surface area (Å²) in [7, 11) is -3.61. The van der Waals surface area contributed by atoms with Crippen LogP contribution < -0.4 is 5.73 Å². The lowest BCUT2D eigenvalue weighted by Gasteiger charge is -2.28. The summed E-state index contributed by atoms with van der Waals surface area (Å²) in [6.07, 6.45) is 3.76. The zero-order valence-electron chi connectivity index (χ0n) is 12.1. The third kappa shape index (κ3) is 2.41. The lowest BCUT2D eigenvalue weighted by atomic mass is 9.82. The largest absolute Gasteiger partial charge is 0.327 e. The Balaban J connectivity index is 1.83. The fourth-order valence-corrected chi connectivity index (χ4v) is 5.16. The van der Waals surface area contributed by atoms with E-state index in [0.717, 1.165) is 25.7 Å². The summed E-state index contributed by atoms with van der Waals surface area (Å²) < 4.78 is 26.8. The standard InChI is InChI=1S/C14H19N3O4S/c15-13-2-1-7-14(13)8-9-16(10-14)22(20,21)12-5-3-11(4-6-12)17(18)19/h3-6,13H,1-2,7-10,15H2. The fraction of sp³-hybridized carbons (Fsp3) is 0.571. The monoisotopic (exact) mass is 325 g/mol. The van der Waals surface area contributed by atoms with Gasteiger partial charge in [-0.05, 0) is 31.4 Å². The molecule has 1 saturated carbocycles. The molecule has 1 aliphatic carbocycles. The van der Waals surface area contributed by atoms with E-state index in [-0.39, 0.29) is 22.0 Å². The number of nitrogens with two attached hydrogens (primary N) is 1. The molecule has 8 heteroatoms. The van der Waals surface area contributed by atoms with Gasteiger partial charge < -0.3 is 5.73 Å². The second kappa shape index (κ2) is 5.29. The Labute approximate surface area is 129 Å². The number of sulfonamides is 1. The Kier molecular flexibility index (Phi) is 3.70. The average molecular weight is 325 g/mol. The van der Waals surface area contributed by atoms with Crippen LogP contribution in [0.3, 0.4) is 0 Å². The minimum absolute atomic E-state index is 0.0598. The van der Waals surface area contributed by atoms with E-state index < -0.39 is 14.9 Å². The number of hydrogen-bond donors (Lipinski definition) is 1. The van der Waals surface area contributed by atoms with Gasteiger partial charge >= 0.3 is 0 Å². The highest BCUT2D eigenvalue weighted by Gasteiger charge is 2.48. The Bertz CT molecular complexity index is 689. The van der Waals surface area contributed by atoms with Crippen LogP contribution in [-0.2, 0) is 10.0 Å². The summed E-state index contributed by atoms with van der Waals surface area (Å²) in [5.74, 6) is 0. The number of nitro groups is 1. The van der Waals surface area contributed by atoms with Crippen LogP contribution in [0.4, 0.5) is 5.69 Å². The van der Waals surface area contributed by atoms with Crippen molar-refractivity contribution in [3.8, 4) is 0 Å². The first-order chi connectivity index (χ1) is 10.3. The molecular weight excluding hydrogens is 306 g/mol. The lowest BCUT2D eigenvalue weighted by Crippen LogP contribution is -2.40. The number of nitro benzene ring substituents is 1. The molecule has 3 rings (SSSR count).